The predicted molar refractivity (Wildman–Crippen MR) is 254 cm³/mol. The summed E-state index contributed by atoms with van der Waals surface area (Å²) in [6, 6.07) is 9.33. The van der Waals surface area contributed by atoms with Crippen molar-refractivity contribution < 1.29 is 42.2 Å². The molecule has 3 N–H and O–H groups in total. The molecule has 7 rings (SSSR count). The van der Waals surface area contributed by atoms with E-state index in [1.54, 1.807) is 26.0 Å². The van der Waals surface area contributed by atoms with Crippen molar-refractivity contribution >= 4 is 50.5 Å². The number of carbonyl (C=O) groups excluding carboxylic acids is 5. The largest absolute Gasteiger partial charge is 0.508 e. The van der Waals surface area contributed by atoms with E-state index in [-0.39, 0.29) is 31.9 Å². The van der Waals surface area contributed by atoms with E-state index in [2.05, 4.69) is 60.1 Å². The van der Waals surface area contributed by atoms with E-state index in [0.29, 0.717) is 36.9 Å². The topological polar surface area (TPSA) is 204 Å². The Labute approximate surface area is 392 Å². The van der Waals surface area contributed by atoms with Gasteiger partial charge in [0.25, 0.3) is 5.91 Å². The van der Waals surface area contributed by atoms with Crippen LogP contribution in [-0.4, -0.2) is 143 Å². The fourth-order valence-corrected chi connectivity index (χ4v) is 10.6. The number of nitrogens with zero attached hydrogens (tertiary/aromatic N) is 6. The van der Waals surface area contributed by atoms with Crippen molar-refractivity contribution in [1.82, 2.24) is 39.4 Å². The quantitative estimate of drug-likeness (QED) is 0.146. The van der Waals surface area contributed by atoms with Gasteiger partial charge in [-0.3, -0.25) is 34.0 Å². The van der Waals surface area contributed by atoms with Gasteiger partial charge in [0, 0.05) is 74.4 Å². The van der Waals surface area contributed by atoms with Crippen molar-refractivity contribution in [2.45, 2.75) is 104 Å². The van der Waals surface area contributed by atoms with Gasteiger partial charge in [0.05, 0.1) is 25.1 Å². The smallest absolute Gasteiger partial charge is 0.324 e. The van der Waals surface area contributed by atoms with E-state index < -0.39 is 81.7 Å². The van der Waals surface area contributed by atoms with Crippen LogP contribution in [0, 0.1) is 11.3 Å². The van der Waals surface area contributed by atoms with Crippen molar-refractivity contribution in [3.05, 3.63) is 71.5 Å². The summed E-state index contributed by atoms with van der Waals surface area (Å²) in [7, 11) is -0.733. The molecule has 1 unspecified atom stereocenters. The van der Waals surface area contributed by atoms with Crippen molar-refractivity contribution in [2.75, 3.05) is 46.6 Å². The number of aryl methyl sites for hydroxylation is 2. The third-order valence-electron chi connectivity index (χ3n) is 13.1. The van der Waals surface area contributed by atoms with Crippen LogP contribution in [0.3, 0.4) is 0 Å². The van der Waals surface area contributed by atoms with Gasteiger partial charge in [0.15, 0.2) is 0 Å². The van der Waals surface area contributed by atoms with Gasteiger partial charge in [0.2, 0.25) is 27.7 Å². The average molecular weight is 941 g/mol. The van der Waals surface area contributed by atoms with Crippen LogP contribution in [0.4, 0.5) is 0 Å². The summed E-state index contributed by atoms with van der Waals surface area (Å²) in [5.74, 6) is -3.25. The summed E-state index contributed by atoms with van der Waals surface area (Å²) in [4.78, 5) is 76.7. The Bertz CT molecular complexity index is 2700. The van der Waals surface area contributed by atoms with E-state index >= 15 is 0 Å². The average Bonchev–Trinajstić information content (AvgIpc) is 4.05. The zero-order chi connectivity index (χ0) is 48.7. The van der Waals surface area contributed by atoms with Crippen molar-refractivity contribution in [1.29, 1.82) is 0 Å². The van der Waals surface area contributed by atoms with Gasteiger partial charge in [0.1, 0.15) is 29.9 Å². The van der Waals surface area contributed by atoms with Crippen LogP contribution >= 0.6 is 0 Å². The molecule has 5 heterocycles. The van der Waals surface area contributed by atoms with Crippen molar-refractivity contribution in [3.8, 4) is 28.1 Å². The van der Waals surface area contributed by atoms with E-state index in [1.807, 2.05) is 30.6 Å². The second-order valence-electron chi connectivity index (χ2n) is 19.3. The van der Waals surface area contributed by atoms with Crippen LogP contribution in [0.25, 0.3) is 33.3 Å². The maximum atomic E-state index is 14.7. The van der Waals surface area contributed by atoms with E-state index in [0.717, 1.165) is 60.7 Å². The molecule has 360 valence electrons. The van der Waals surface area contributed by atoms with Crippen molar-refractivity contribution in [2.24, 2.45) is 11.3 Å². The second-order valence-corrected chi connectivity index (χ2v) is 21.3. The molecule has 17 nitrogen and oxygen atoms in total. The number of esters is 1. The molecule has 2 aromatic heterocycles. The molecular formula is C49H64N8O9S. The first-order chi connectivity index (χ1) is 31.6. The fraction of sp³-hybridized carbons (Fsp3) is 0.510. The number of nitrogens with one attached hydrogen (secondary N) is 2. The number of pyridine rings is 1. The number of phenolic OH excluding ortho intramolecular Hbond substituents is 1. The van der Waals surface area contributed by atoms with Crippen LogP contribution in [-0.2, 0) is 64.5 Å². The molecule has 0 spiro atoms. The number of hydrazine groups is 1. The summed E-state index contributed by atoms with van der Waals surface area (Å²) in [5, 5.41) is 16.6. The minimum atomic E-state index is -3.58. The maximum Gasteiger partial charge on any atom is 0.324 e. The lowest BCUT2D eigenvalue weighted by Crippen LogP contribution is -2.62. The summed E-state index contributed by atoms with van der Waals surface area (Å²) in [5.41, 5.74) is 9.97. The first-order valence-corrected chi connectivity index (χ1v) is 24.9. The van der Waals surface area contributed by atoms with E-state index in [9.17, 15) is 37.5 Å². The molecule has 2 saturated heterocycles. The van der Waals surface area contributed by atoms with Crippen LogP contribution in [0.2, 0.25) is 0 Å². The number of aromatic hydroxyl groups is 1. The van der Waals surface area contributed by atoms with Crippen LogP contribution in [0.5, 0.6) is 5.75 Å². The number of hydrogen-bond acceptors (Lipinski definition) is 11. The number of carbonyl (C=O) groups is 5. The molecule has 4 aromatic rings. The third kappa shape index (κ3) is 10.5. The molecule has 2 aromatic carbocycles. The highest BCUT2D eigenvalue weighted by Crippen LogP contribution is 2.41. The van der Waals surface area contributed by atoms with E-state index in [1.165, 1.54) is 24.0 Å². The molecule has 5 atom stereocenters. The molecular weight excluding hydrogens is 877 g/mol. The first-order valence-electron chi connectivity index (χ1n) is 23.1. The lowest BCUT2D eigenvalue weighted by atomic mass is 9.84. The summed E-state index contributed by atoms with van der Waals surface area (Å²) < 4.78 is 33.3. The monoisotopic (exact) mass is 940 g/mol. The number of phenols is 1. The molecule has 67 heavy (non-hydrogen) atoms. The van der Waals surface area contributed by atoms with Gasteiger partial charge in [-0.15, -0.1) is 0 Å². The second kappa shape index (κ2) is 19.4. The van der Waals surface area contributed by atoms with Crippen LogP contribution in [0.15, 0.2) is 54.9 Å². The van der Waals surface area contributed by atoms with Crippen molar-refractivity contribution in [3.63, 3.8) is 0 Å². The molecule has 18 heteroatoms. The normalized spacial score (nSPS) is 21.3. The standard InChI is InChI=1S/C49H64N8O9S/c1-10-31-16-17-50-25-37(31)44-36-24-49(5,6)28-66-48(63)38-13-12-18-56(52-38)46(61)39(21-30-19-33(22-34(58)20-30)32-14-15-40(35(36)23-32)55(44)11-2)51-45(60)43(29(3)4)54(8)42(59)27-53(7)47(62)41-26-57(41)67(9,64)65/h14-17,19-20,22-23,25,29,38-39,41,43,52,58H,10-13,18,21,24,26-28H2,1-9H3,(H,51,60)/t38-,39-,41+,43-,57?/m0/s1. The Kier molecular flexibility index (Phi) is 14.2. The zero-order valence-corrected chi connectivity index (χ0v) is 40.8. The number of sulfonamides is 1. The first kappa shape index (κ1) is 49.1. The number of amides is 4. The summed E-state index contributed by atoms with van der Waals surface area (Å²) in [6.07, 6.45) is 6.94. The highest BCUT2D eigenvalue weighted by Gasteiger charge is 2.48. The minimum Gasteiger partial charge on any atom is -0.508 e. The maximum absolute atomic E-state index is 14.7. The van der Waals surface area contributed by atoms with Gasteiger partial charge < -0.3 is 29.5 Å². The molecule has 6 bridgehead atoms. The molecule has 0 aliphatic carbocycles. The predicted octanol–water partition coefficient (Wildman–Crippen LogP) is 3.89. The molecule has 0 saturated carbocycles. The zero-order valence-electron chi connectivity index (χ0n) is 40.0. The number of hydrogen-bond donors (Lipinski definition) is 3. The number of likely N-dealkylation sites (N-methyl/N-ethyl adjacent to an activating group) is 2. The highest BCUT2D eigenvalue weighted by molar-refractivity contribution is 7.88. The minimum absolute atomic E-state index is 0.0297. The number of ether oxygens (including phenoxy) is 1. The number of rotatable bonds is 11. The lowest BCUT2D eigenvalue weighted by Gasteiger charge is -2.37. The Hall–Kier alpha value is -5.85. The lowest BCUT2D eigenvalue weighted by molar-refractivity contribution is -0.155. The van der Waals surface area contributed by atoms with Gasteiger partial charge in [-0.1, -0.05) is 46.8 Å². The number of aromatic nitrogens is 2. The molecule has 3 aliphatic heterocycles. The Morgan fingerprint density at radius 2 is 1.81 bits per heavy atom. The Morgan fingerprint density at radius 3 is 2.48 bits per heavy atom. The fourth-order valence-electron chi connectivity index (χ4n) is 9.63. The SMILES string of the molecule is CCc1ccncc1-c1c2c3cc(ccc3n1CC)-c1cc(O)cc(c1)C[C@H](NC(=O)[C@H](C(C)C)N(C)C(=O)CN(C)C(=O)[C@H]1CN1S(C)(=O)=O)C(=O)N1CCC[C@H](N1)C(=O)OCC(C)(C)C2. The van der Waals surface area contributed by atoms with E-state index in [4.69, 9.17) is 4.74 Å². The van der Waals surface area contributed by atoms with Gasteiger partial charge >= 0.3 is 5.97 Å². The molecule has 3 aliphatic rings. The summed E-state index contributed by atoms with van der Waals surface area (Å²) in [6.45, 7) is 12.5. The van der Waals surface area contributed by atoms with Gasteiger partial charge in [-0.05, 0) is 96.7 Å². The number of cyclic esters (lactones) is 1. The van der Waals surface area contributed by atoms with Crippen LogP contribution in [0.1, 0.15) is 71.1 Å². The van der Waals surface area contributed by atoms with Gasteiger partial charge in [-0.2, -0.15) is 4.31 Å². The molecule has 0 radical (unpaired) electrons. The van der Waals surface area contributed by atoms with Gasteiger partial charge in [-0.25, -0.2) is 13.8 Å². The summed E-state index contributed by atoms with van der Waals surface area (Å²) >= 11 is 0. The highest BCUT2D eigenvalue weighted by atomic mass is 32.2. The third-order valence-corrected chi connectivity index (χ3v) is 14.4. The van der Waals surface area contributed by atoms with Crippen LogP contribution < -0.4 is 10.7 Å². The molecule has 4 amide bonds. The Balaban J connectivity index is 1.26. The number of fused-ring (bicyclic) bond motifs is 6. The Morgan fingerprint density at radius 1 is 1.06 bits per heavy atom. The number of benzene rings is 2. The molecule has 2 fully saturated rings.